The van der Waals surface area contributed by atoms with Gasteiger partial charge in [-0.3, -0.25) is 4.99 Å². The van der Waals surface area contributed by atoms with Gasteiger partial charge in [0.2, 0.25) is 0 Å². The minimum Gasteiger partial charge on any atom is -0.370 e. The molecule has 0 amide bonds. The SMILES string of the molecule is CC1CCC(NC(N)=NC2CCCC2)C1. The molecule has 2 aliphatic rings. The molecule has 0 aromatic carbocycles. The molecule has 2 saturated carbocycles. The van der Waals surface area contributed by atoms with Gasteiger partial charge < -0.3 is 11.1 Å². The third-order valence-electron chi connectivity index (χ3n) is 3.69. The molecule has 0 aromatic rings. The molecule has 0 bridgehead atoms. The van der Waals surface area contributed by atoms with E-state index in [4.69, 9.17) is 5.73 Å². The first-order valence-corrected chi connectivity index (χ1v) is 6.34. The Hall–Kier alpha value is -0.730. The van der Waals surface area contributed by atoms with Crippen LogP contribution in [0.5, 0.6) is 0 Å². The molecular formula is C12H23N3. The summed E-state index contributed by atoms with van der Waals surface area (Å²) in [6.07, 6.45) is 8.92. The number of hydrogen-bond acceptors (Lipinski definition) is 1. The van der Waals surface area contributed by atoms with Gasteiger partial charge in [-0.25, -0.2) is 0 Å². The van der Waals surface area contributed by atoms with Crippen LogP contribution in [0.1, 0.15) is 51.9 Å². The molecule has 3 nitrogen and oxygen atoms in total. The van der Waals surface area contributed by atoms with Crippen molar-refractivity contribution in [2.45, 2.75) is 64.0 Å². The second-order valence-electron chi connectivity index (χ2n) is 5.21. The van der Waals surface area contributed by atoms with Gasteiger partial charge >= 0.3 is 0 Å². The largest absolute Gasteiger partial charge is 0.370 e. The molecule has 3 heteroatoms. The molecule has 2 rings (SSSR count). The number of hydrogen-bond donors (Lipinski definition) is 2. The van der Waals surface area contributed by atoms with E-state index < -0.39 is 0 Å². The smallest absolute Gasteiger partial charge is 0.189 e. The molecule has 2 unspecified atom stereocenters. The fourth-order valence-corrected chi connectivity index (χ4v) is 2.81. The number of nitrogens with zero attached hydrogens (tertiary/aromatic N) is 1. The highest BCUT2D eigenvalue weighted by atomic mass is 15.1. The minimum absolute atomic E-state index is 0.497. The topological polar surface area (TPSA) is 50.4 Å². The number of rotatable bonds is 2. The average molecular weight is 209 g/mol. The predicted molar refractivity (Wildman–Crippen MR) is 63.8 cm³/mol. The van der Waals surface area contributed by atoms with Gasteiger partial charge in [0, 0.05) is 6.04 Å². The van der Waals surface area contributed by atoms with Crippen molar-refractivity contribution in [1.82, 2.24) is 5.32 Å². The highest BCUT2D eigenvalue weighted by molar-refractivity contribution is 5.78. The molecule has 3 N–H and O–H groups in total. The maximum absolute atomic E-state index is 5.92. The van der Waals surface area contributed by atoms with Crippen LogP contribution in [0.25, 0.3) is 0 Å². The number of guanidine groups is 1. The third-order valence-corrected chi connectivity index (χ3v) is 3.69. The van der Waals surface area contributed by atoms with Crippen LogP contribution in [0.2, 0.25) is 0 Å². The molecule has 2 fully saturated rings. The van der Waals surface area contributed by atoms with Crippen LogP contribution in [-0.2, 0) is 0 Å². The lowest BCUT2D eigenvalue weighted by atomic mass is 10.1. The van der Waals surface area contributed by atoms with Crippen LogP contribution in [-0.4, -0.2) is 18.0 Å². The molecule has 86 valence electrons. The van der Waals surface area contributed by atoms with E-state index in [1.807, 2.05) is 0 Å². The number of aliphatic imine (C=N–C) groups is 1. The second kappa shape index (κ2) is 4.86. The summed E-state index contributed by atoms with van der Waals surface area (Å²) in [5.74, 6) is 1.53. The Bertz CT molecular complexity index is 231. The normalized spacial score (nSPS) is 33.5. The molecule has 0 saturated heterocycles. The van der Waals surface area contributed by atoms with Crippen molar-refractivity contribution >= 4 is 5.96 Å². The Morgan fingerprint density at radius 3 is 2.53 bits per heavy atom. The van der Waals surface area contributed by atoms with Gasteiger partial charge in [-0.05, 0) is 38.0 Å². The van der Waals surface area contributed by atoms with Gasteiger partial charge in [-0.15, -0.1) is 0 Å². The van der Waals surface area contributed by atoms with Crippen molar-refractivity contribution in [1.29, 1.82) is 0 Å². The van der Waals surface area contributed by atoms with Gasteiger partial charge in [-0.2, -0.15) is 0 Å². The van der Waals surface area contributed by atoms with Crippen molar-refractivity contribution in [2.75, 3.05) is 0 Å². The summed E-state index contributed by atoms with van der Waals surface area (Å²) < 4.78 is 0. The van der Waals surface area contributed by atoms with Crippen LogP contribution in [0, 0.1) is 5.92 Å². The lowest BCUT2D eigenvalue weighted by Crippen LogP contribution is -2.39. The van der Waals surface area contributed by atoms with E-state index in [2.05, 4.69) is 17.2 Å². The molecular weight excluding hydrogens is 186 g/mol. The Labute approximate surface area is 92.5 Å². The summed E-state index contributed by atoms with van der Waals surface area (Å²) in [5, 5.41) is 3.36. The predicted octanol–water partition coefficient (Wildman–Crippen LogP) is 2.02. The standard InChI is InChI=1S/C12H23N3/c1-9-6-7-11(8-9)15-12(13)14-10-4-2-3-5-10/h9-11H,2-8H2,1H3,(H3,13,14,15). The molecule has 0 aromatic heterocycles. The second-order valence-corrected chi connectivity index (χ2v) is 5.21. The molecule has 0 radical (unpaired) electrons. The van der Waals surface area contributed by atoms with E-state index in [-0.39, 0.29) is 0 Å². The maximum Gasteiger partial charge on any atom is 0.189 e. The highest BCUT2D eigenvalue weighted by Gasteiger charge is 2.22. The Kier molecular flexibility index (Phi) is 3.49. The van der Waals surface area contributed by atoms with Crippen LogP contribution >= 0.6 is 0 Å². The van der Waals surface area contributed by atoms with Gasteiger partial charge in [0.05, 0.1) is 6.04 Å². The molecule has 15 heavy (non-hydrogen) atoms. The van der Waals surface area contributed by atoms with Gasteiger partial charge in [0.1, 0.15) is 0 Å². The van der Waals surface area contributed by atoms with Crippen molar-refractivity contribution in [2.24, 2.45) is 16.6 Å². The van der Waals surface area contributed by atoms with Crippen molar-refractivity contribution in [3.8, 4) is 0 Å². The zero-order valence-electron chi connectivity index (χ0n) is 9.71. The zero-order chi connectivity index (χ0) is 10.7. The summed E-state index contributed by atoms with van der Waals surface area (Å²) in [5.41, 5.74) is 5.92. The lowest BCUT2D eigenvalue weighted by Gasteiger charge is -2.14. The molecule has 2 aliphatic carbocycles. The summed E-state index contributed by atoms with van der Waals surface area (Å²) >= 11 is 0. The monoisotopic (exact) mass is 209 g/mol. The third kappa shape index (κ3) is 3.11. The molecule has 0 spiro atoms. The highest BCUT2D eigenvalue weighted by Crippen LogP contribution is 2.24. The van der Waals surface area contributed by atoms with Gasteiger partial charge in [0.15, 0.2) is 5.96 Å². The fourth-order valence-electron chi connectivity index (χ4n) is 2.81. The minimum atomic E-state index is 0.497. The Morgan fingerprint density at radius 2 is 1.93 bits per heavy atom. The number of nitrogens with one attached hydrogen (secondary N) is 1. The van der Waals surface area contributed by atoms with E-state index in [9.17, 15) is 0 Å². The van der Waals surface area contributed by atoms with Crippen LogP contribution in [0.15, 0.2) is 4.99 Å². The summed E-state index contributed by atoms with van der Waals surface area (Å²) in [4.78, 5) is 4.55. The van der Waals surface area contributed by atoms with Crippen molar-refractivity contribution in [3.63, 3.8) is 0 Å². The summed E-state index contributed by atoms with van der Waals surface area (Å²) in [6, 6.07) is 1.07. The zero-order valence-corrected chi connectivity index (χ0v) is 9.71. The Morgan fingerprint density at radius 1 is 1.20 bits per heavy atom. The molecule has 0 heterocycles. The first-order valence-electron chi connectivity index (χ1n) is 6.34. The number of nitrogens with two attached hydrogens (primary N) is 1. The van der Waals surface area contributed by atoms with E-state index in [0.717, 1.165) is 5.92 Å². The van der Waals surface area contributed by atoms with Gasteiger partial charge in [-0.1, -0.05) is 19.8 Å². The first-order chi connectivity index (χ1) is 7.24. The maximum atomic E-state index is 5.92. The van der Waals surface area contributed by atoms with E-state index in [1.165, 1.54) is 44.9 Å². The van der Waals surface area contributed by atoms with Crippen LogP contribution in [0.4, 0.5) is 0 Å². The Balaban J connectivity index is 1.78. The molecule has 0 aliphatic heterocycles. The van der Waals surface area contributed by atoms with E-state index >= 15 is 0 Å². The van der Waals surface area contributed by atoms with E-state index in [0.29, 0.717) is 18.0 Å². The summed E-state index contributed by atoms with van der Waals surface area (Å²) in [7, 11) is 0. The molecule has 2 atom stereocenters. The van der Waals surface area contributed by atoms with Crippen LogP contribution < -0.4 is 11.1 Å². The summed E-state index contributed by atoms with van der Waals surface area (Å²) in [6.45, 7) is 2.31. The van der Waals surface area contributed by atoms with Gasteiger partial charge in [0.25, 0.3) is 0 Å². The lowest BCUT2D eigenvalue weighted by molar-refractivity contribution is 0.566. The van der Waals surface area contributed by atoms with Crippen molar-refractivity contribution < 1.29 is 0 Å². The van der Waals surface area contributed by atoms with E-state index in [1.54, 1.807) is 0 Å². The quantitative estimate of drug-likeness (QED) is 0.540. The fraction of sp³-hybridized carbons (Fsp3) is 0.917. The van der Waals surface area contributed by atoms with Crippen molar-refractivity contribution in [3.05, 3.63) is 0 Å². The van der Waals surface area contributed by atoms with Crippen LogP contribution in [0.3, 0.4) is 0 Å². The average Bonchev–Trinajstić information content (AvgIpc) is 2.77. The first kappa shape index (κ1) is 10.8.